The summed E-state index contributed by atoms with van der Waals surface area (Å²) in [4.78, 5) is 4.53. The fourth-order valence-electron chi connectivity index (χ4n) is 4.59. The molecular weight excluding hydrogens is 330 g/mol. The molecule has 0 aliphatic carbocycles. The molecule has 0 unspecified atom stereocenters. The maximum absolute atomic E-state index is 4.53. The Hall–Kier alpha value is -2.97. The summed E-state index contributed by atoms with van der Waals surface area (Å²) in [6.07, 6.45) is 4.08. The molecule has 1 nitrogen and oxygen atoms in total. The zero-order valence-electron chi connectivity index (χ0n) is 14.7. The number of rotatable bonds is 2. The lowest BCUT2D eigenvalue weighted by molar-refractivity contribution is 1.29. The van der Waals surface area contributed by atoms with Crippen LogP contribution in [-0.2, 0) is 0 Å². The van der Waals surface area contributed by atoms with E-state index in [2.05, 4.69) is 103 Å². The van der Waals surface area contributed by atoms with Gasteiger partial charge in [0.1, 0.15) is 0 Å². The van der Waals surface area contributed by atoms with E-state index >= 15 is 0 Å². The van der Waals surface area contributed by atoms with Crippen LogP contribution >= 0.6 is 0 Å². The first kappa shape index (κ1) is 15.3. The SMILES string of the molecule is Cc1cncc2c1[Si](c1ccccc1)(c1ccccc1)c1ccccc1-2. The van der Waals surface area contributed by atoms with Crippen molar-refractivity contribution in [2.45, 2.75) is 6.92 Å². The van der Waals surface area contributed by atoms with Gasteiger partial charge in [-0.3, -0.25) is 4.98 Å². The number of hydrogen-bond acceptors (Lipinski definition) is 1. The highest BCUT2D eigenvalue weighted by Crippen LogP contribution is 2.28. The minimum atomic E-state index is -2.31. The summed E-state index contributed by atoms with van der Waals surface area (Å²) in [7, 11) is -2.31. The Morgan fingerprint density at radius 3 is 1.85 bits per heavy atom. The van der Waals surface area contributed by atoms with E-state index in [4.69, 9.17) is 0 Å². The summed E-state index contributed by atoms with van der Waals surface area (Å²) in [6, 6.07) is 31.1. The molecule has 0 saturated carbocycles. The van der Waals surface area contributed by atoms with Crippen molar-refractivity contribution in [3.05, 3.63) is 103 Å². The molecule has 0 N–H and O–H groups in total. The number of pyridine rings is 1. The summed E-state index contributed by atoms with van der Waals surface area (Å²) in [5.41, 5.74) is 3.94. The van der Waals surface area contributed by atoms with Crippen molar-refractivity contribution in [3.8, 4) is 11.1 Å². The molecule has 4 aromatic rings. The Morgan fingerprint density at radius 1 is 0.615 bits per heavy atom. The number of hydrogen-bond donors (Lipinski definition) is 0. The Labute approximate surface area is 155 Å². The monoisotopic (exact) mass is 349 g/mol. The van der Waals surface area contributed by atoms with E-state index in [1.807, 2.05) is 6.20 Å². The molecule has 1 aromatic heterocycles. The van der Waals surface area contributed by atoms with Gasteiger partial charge in [0.15, 0.2) is 8.07 Å². The first-order chi connectivity index (χ1) is 12.8. The van der Waals surface area contributed by atoms with Crippen molar-refractivity contribution in [1.82, 2.24) is 4.98 Å². The second-order valence-corrected chi connectivity index (χ2v) is 10.6. The lowest BCUT2D eigenvalue weighted by atomic mass is 10.1. The predicted molar refractivity (Wildman–Crippen MR) is 112 cm³/mol. The van der Waals surface area contributed by atoms with Gasteiger partial charge in [-0.2, -0.15) is 0 Å². The molecule has 0 fully saturated rings. The van der Waals surface area contributed by atoms with E-state index in [0.29, 0.717) is 0 Å². The second-order valence-electron chi connectivity index (χ2n) is 6.91. The number of nitrogens with zero attached hydrogens (tertiary/aromatic N) is 1. The third-order valence-corrected chi connectivity index (χ3v) is 10.6. The van der Waals surface area contributed by atoms with Crippen LogP contribution in [0.5, 0.6) is 0 Å². The predicted octanol–water partition coefficient (Wildman–Crippen LogP) is 2.75. The van der Waals surface area contributed by atoms with Crippen molar-refractivity contribution in [2.75, 3.05) is 0 Å². The minimum Gasteiger partial charge on any atom is -0.264 e. The summed E-state index contributed by atoms with van der Waals surface area (Å²) < 4.78 is 0. The molecule has 2 heteroatoms. The first-order valence-corrected chi connectivity index (χ1v) is 11.0. The van der Waals surface area contributed by atoms with Gasteiger partial charge in [0.2, 0.25) is 0 Å². The lowest BCUT2D eigenvalue weighted by Gasteiger charge is -2.32. The summed E-state index contributed by atoms with van der Waals surface area (Å²) in [6.45, 7) is 2.21. The highest BCUT2D eigenvalue weighted by molar-refractivity contribution is 7.22. The van der Waals surface area contributed by atoms with Gasteiger partial charge in [-0.1, -0.05) is 84.9 Å². The molecule has 5 rings (SSSR count). The van der Waals surface area contributed by atoms with Crippen LogP contribution in [0.3, 0.4) is 0 Å². The average molecular weight is 350 g/mol. The molecule has 1 aliphatic rings. The number of aromatic nitrogens is 1. The highest BCUT2D eigenvalue weighted by Gasteiger charge is 2.49. The number of benzene rings is 3. The van der Waals surface area contributed by atoms with Crippen molar-refractivity contribution < 1.29 is 0 Å². The van der Waals surface area contributed by atoms with Crippen LogP contribution in [0.1, 0.15) is 5.56 Å². The van der Waals surface area contributed by atoms with E-state index in [-0.39, 0.29) is 0 Å². The summed E-state index contributed by atoms with van der Waals surface area (Å²) in [5, 5.41) is 5.84. The van der Waals surface area contributed by atoms with Crippen molar-refractivity contribution >= 4 is 28.8 Å². The Kier molecular flexibility index (Phi) is 3.40. The van der Waals surface area contributed by atoms with Crippen LogP contribution in [0, 0.1) is 6.92 Å². The molecule has 0 saturated heterocycles. The Morgan fingerprint density at radius 2 is 1.19 bits per heavy atom. The maximum Gasteiger partial charge on any atom is 0.181 e. The van der Waals surface area contributed by atoms with E-state index in [1.54, 1.807) is 0 Å². The topological polar surface area (TPSA) is 12.9 Å². The number of aryl methyl sites for hydroxylation is 1. The third-order valence-electron chi connectivity index (χ3n) is 5.55. The van der Waals surface area contributed by atoms with Crippen molar-refractivity contribution in [2.24, 2.45) is 0 Å². The normalized spacial score (nSPS) is 13.9. The van der Waals surface area contributed by atoms with Crippen LogP contribution in [0.25, 0.3) is 11.1 Å². The Bertz CT molecular complexity index is 1050. The van der Waals surface area contributed by atoms with Crippen molar-refractivity contribution in [3.63, 3.8) is 0 Å². The fourth-order valence-corrected chi connectivity index (χ4v) is 10.0. The van der Waals surface area contributed by atoms with E-state index in [0.717, 1.165) is 0 Å². The second kappa shape index (κ2) is 5.79. The van der Waals surface area contributed by atoms with Crippen LogP contribution in [-0.4, -0.2) is 13.1 Å². The number of fused-ring (bicyclic) bond motifs is 3. The smallest absolute Gasteiger partial charge is 0.181 e. The van der Waals surface area contributed by atoms with Gasteiger partial charge in [-0.25, -0.2) is 0 Å². The van der Waals surface area contributed by atoms with Crippen LogP contribution in [0.4, 0.5) is 0 Å². The lowest BCUT2D eigenvalue weighted by Crippen LogP contribution is -2.73. The van der Waals surface area contributed by atoms with Gasteiger partial charge in [0.25, 0.3) is 0 Å². The van der Waals surface area contributed by atoms with Gasteiger partial charge >= 0.3 is 0 Å². The largest absolute Gasteiger partial charge is 0.264 e. The quantitative estimate of drug-likeness (QED) is 0.447. The van der Waals surface area contributed by atoms with Crippen LogP contribution in [0.15, 0.2) is 97.3 Å². The standard InChI is InChI=1S/C24H19NSi/c1-18-16-25-17-22-21-14-8-9-15-23(21)26(24(18)22,19-10-4-2-5-11-19)20-12-6-3-7-13-20/h2-17H,1H3. The zero-order valence-corrected chi connectivity index (χ0v) is 15.7. The molecule has 0 atom stereocenters. The average Bonchev–Trinajstić information content (AvgIpc) is 3.02. The van der Waals surface area contributed by atoms with Crippen molar-refractivity contribution in [1.29, 1.82) is 0 Å². The van der Waals surface area contributed by atoms with Gasteiger partial charge < -0.3 is 0 Å². The van der Waals surface area contributed by atoms with E-state index < -0.39 is 8.07 Å². The van der Waals surface area contributed by atoms with Crippen LogP contribution < -0.4 is 20.7 Å². The van der Waals surface area contributed by atoms with Gasteiger partial charge in [0, 0.05) is 18.0 Å². The van der Waals surface area contributed by atoms with Crippen LogP contribution in [0.2, 0.25) is 0 Å². The maximum atomic E-state index is 4.53. The molecule has 3 aromatic carbocycles. The molecule has 0 amide bonds. The Balaban J connectivity index is 2.01. The fraction of sp³-hybridized carbons (Fsp3) is 0.0417. The van der Waals surface area contributed by atoms with Gasteiger partial charge in [0.05, 0.1) is 0 Å². The van der Waals surface area contributed by atoms with Gasteiger partial charge in [-0.15, -0.1) is 0 Å². The molecule has 1 aliphatic heterocycles. The molecule has 0 spiro atoms. The molecule has 0 bridgehead atoms. The molecule has 2 heterocycles. The molecular formula is C24H19NSi. The minimum absolute atomic E-state index is 1.29. The summed E-state index contributed by atoms with van der Waals surface area (Å²) >= 11 is 0. The van der Waals surface area contributed by atoms with E-state index in [1.165, 1.54) is 37.4 Å². The molecule has 124 valence electrons. The third kappa shape index (κ3) is 1.93. The highest BCUT2D eigenvalue weighted by atomic mass is 28.3. The molecule has 26 heavy (non-hydrogen) atoms. The van der Waals surface area contributed by atoms with Gasteiger partial charge in [-0.05, 0) is 38.8 Å². The summed E-state index contributed by atoms with van der Waals surface area (Å²) in [5.74, 6) is 0. The first-order valence-electron chi connectivity index (χ1n) is 8.99. The molecule has 0 radical (unpaired) electrons. The van der Waals surface area contributed by atoms with E-state index in [9.17, 15) is 0 Å². The zero-order chi connectivity index (χ0) is 17.6.